The van der Waals surface area contributed by atoms with Crippen LogP contribution in [0.4, 0.5) is 12.9 Å². The second-order valence-corrected chi connectivity index (χ2v) is 2.75. The predicted molar refractivity (Wildman–Crippen MR) is 50.8 cm³/mol. The van der Waals surface area contributed by atoms with Gasteiger partial charge in [0.05, 0.1) is 0 Å². The van der Waals surface area contributed by atoms with Gasteiger partial charge in [-0.3, -0.25) is 0 Å². The summed E-state index contributed by atoms with van der Waals surface area (Å²) >= 11 is 0. The van der Waals surface area contributed by atoms with Crippen LogP contribution in [0.25, 0.3) is 0 Å². The fourth-order valence-electron chi connectivity index (χ4n) is 0.963. The summed E-state index contributed by atoms with van der Waals surface area (Å²) < 4.78 is 41.8. The molecule has 0 aliphatic heterocycles. The molecule has 0 saturated heterocycles. The first-order valence-electron chi connectivity index (χ1n) is 4.07. The van der Waals surface area contributed by atoms with Crippen molar-refractivity contribution in [2.75, 3.05) is 6.61 Å². The molecule has 5 heteroatoms. The van der Waals surface area contributed by atoms with Gasteiger partial charge in [0.15, 0.2) is 0 Å². The van der Waals surface area contributed by atoms with E-state index in [1.54, 1.807) is 0 Å². The molecule has 0 N–H and O–H groups in total. The van der Waals surface area contributed by atoms with Gasteiger partial charge in [-0.05, 0) is 12.1 Å². The summed E-state index contributed by atoms with van der Waals surface area (Å²) in [7, 11) is 0. The van der Waals surface area contributed by atoms with E-state index in [9.17, 15) is 12.9 Å². The molecule has 0 atom stereocenters. The lowest BCUT2D eigenvalue weighted by atomic mass is 9.80. The summed E-state index contributed by atoms with van der Waals surface area (Å²) in [5.74, 6) is 0.210. The lowest BCUT2D eigenvalue weighted by molar-refractivity contribution is 0.363. The largest absolute Gasteiger partial charge is 0.509 e. The van der Waals surface area contributed by atoms with Crippen LogP contribution in [0.5, 0.6) is 5.75 Å². The van der Waals surface area contributed by atoms with Crippen LogP contribution in [0.3, 0.4) is 0 Å². The molecule has 0 spiro atoms. The summed E-state index contributed by atoms with van der Waals surface area (Å²) in [4.78, 5) is 0. The van der Waals surface area contributed by atoms with Crippen LogP contribution in [0, 0.1) is 0 Å². The highest BCUT2D eigenvalue weighted by molar-refractivity contribution is 6.73. The maximum absolute atomic E-state index is 12.3. The third-order valence-electron chi connectivity index (χ3n) is 1.60. The minimum Gasteiger partial charge on any atom is -0.490 e. The van der Waals surface area contributed by atoms with Gasteiger partial charge in [-0.1, -0.05) is 24.8 Å². The van der Waals surface area contributed by atoms with Crippen LogP contribution in [-0.2, 0) is 0 Å². The van der Waals surface area contributed by atoms with Gasteiger partial charge in [0, 0.05) is 0 Å². The molecule has 0 heterocycles. The predicted octanol–water partition coefficient (Wildman–Crippen LogP) is 2.31. The highest BCUT2D eigenvalue weighted by Gasteiger charge is 2.25. The zero-order chi connectivity index (χ0) is 10.6. The Hall–Kier alpha value is -1.39. The monoisotopic (exact) mass is 201 g/mol. The smallest absolute Gasteiger partial charge is 0.490 e. The topological polar surface area (TPSA) is 9.23 Å². The summed E-state index contributed by atoms with van der Waals surface area (Å²) in [5, 5.41) is 0. The minimum absolute atomic E-state index is 0.203. The highest BCUT2D eigenvalue weighted by atomic mass is 19.4. The fraction of sp³-hybridized carbons (Fsp3) is 0.111. The Morgan fingerprint density at radius 2 is 2.07 bits per heavy atom. The molecule has 1 aromatic rings. The Kier molecular flexibility index (Phi) is 3.22. The van der Waals surface area contributed by atoms with Crippen LogP contribution in [0.15, 0.2) is 36.9 Å². The van der Waals surface area contributed by atoms with Crippen LogP contribution in [0.2, 0.25) is 0 Å². The van der Waals surface area contributed by atoms with Gasteiger partial charge in [0.25, 0.3) is 0 Å². The molecule has 0 unspecified atom stereocenters. The molecule has 0 aliphatic rings. The van der Waals surface area contributed by atoms with Crippen LogP contribution in [-0.4, -0.2) is 13.6 Å². The quantitative estimate of drug-likeness (QED) is 0.536. The van der Waals surface area contributed by atoms with Crippen molar-refractivity contribution in [3.05, 3.63) is 36.9 Å². The summed E-state index contributed by atoms with van der Waals surface area (Å²) in [6.45, 7) is -1.34. The van der Waals surface area contributed by atoms with E-state index in [1.165, 1.54) is 18.2 Å². The van der Waals surface area contributed by atoms with Crippen molar-refractivity contribution >= 4 is 12.4 Å². The molecule has 0 saturated carbocycles. The Morgan fingerprint density at radius 1 is 1.36 bits per heavy atom. The Bertz CT molecular complexity index is 322. The molecule has 0 aliphatic carbocycles. The van der Waals surface area contributed by atoms with Gasteiger partial charge < -0.3 is 17.7 Å². The van der Waals surface area contributed by atoms with Gasteiger partial charge in [-0.2, -0.15) is 0 Å². The Morgan fingerprint density at radius 3 is 2.64 bits per heavy atom. The fourth-order valence-corrected chi connectivity index (χ4v) is 0.963. The number of benzene rings is 1. The molecule has 0 fully saturated rings. The third-order valence-corrected chi connectivity index (χ3v) is 1.60. The molecule has 0 radical (unpaired) electrons. The molecule has 14 heavy (non-hydrogen) atoms. The van der Waals surface area contributed by atoms with Gasteiger partial charge in [-0.25, -0.2) is 0 Å². The molecule has 0 aromatic heterocycles. The van der Waals surface area contributed by atoms with Crippen molar-refractivity contribution in [3.8, 4) is 5.75 Å². The number of rotatable bonds is 4. The maximum Gasteiger partial charge on any atom is 0.509 e. The molecule has 0 amide bonds. The average molecular weight is 201 g/mol. The Balaban J connectivity index is 2.84. The third kappa shape index (κ3) is 2.83. The lowest BCUT2D eigenvalue weighted by Gasteiger charge is -2.15. The lowest BCUT2D eigenvalue weighted by Crippen LogP contribution is -2.33. The molecule has 1 aromatic carbocycles. The van der Waals surface area contributed by atoms with Crippen LogP contribution >= 0.6 is 0 Å². The average Bonchev–Trinajstić information content (AvgIpc) is 2.14. The summed E-state index contributed by atoms with van der Waals surface area (Å²) in [6, 6.07) is 4.82. The van der Waals surface area contributed by atoms with Crippen molar-refractivity contribution in [1.29, 1.82) is 0 Å². The maximum atomic E-state index is 12.3. The standard InChI is InChI=1S/C9H9BF3O/c1-2-6-14-9-5-3-4-8(7-9)10(11,12)13/h2-5,7H,1,6H2/q-1. The van der Waals surface area contributed by atoms with Crippen LogP contribution < -0.4 is 10.2 Å². The molecule has 1 rings (SSSR count). The van der Waals surface area contributed by atoms with E-state index in [0.717, 1.165) is 12.1 Å². The Labute approximate surface area is 80.3 Å². The molecule has 0 bridgehead atoms. The normalized spacial score (nSPS) is 11.1. The van der Waals surface area contributed by atoms with Gasteiger partial charge in [0.2, 0.25) is 0 Å². The first-order valence-corrected chi connectivity index (χ1v) is 4.07. The van der Waals surface area contributed by atoms with E-state index < -0.39 is 12.4 Å². The molecule has 1 nitrogen and oxygen atoms in total. The van der Waals surface area contributed by atoms with E-state index in [1.807, 2.05) is 0 Å². The second kappa shape index (κ2) is 4.22. The zero-order valence-electron chi connectivity index (χ0n) is 7.42. The van der Waals surface area contributed by atoms with Crippen molar-refractivity contribution in [2.45, 2.75) is 0 Å². The SMILES string of the molecule is C=CCOc1cccc([B-](F)(F)F)c1. The van der Waals surface area contributed by atoms with Crippen molar-refractivity contribution in [3.63, 3.8) is 0 Å². The number of hydrogen-bond acceptors (Lipinski definition) is 1. The van der Waals surface area contributed by atoms with Crippen molar-refractivity contribution in [2.24, 2.45) is 0 Å². The molecular weight excluding hydrogens is 192 g/mol. The van der Waals surface area contributed by atoms with E-state index in [0.29, 0.717) is 0 Å². The second-order valence-electron chi connectivity index (χ2n) is 2.75. The van der Waals surface area contributed by atoms with E-state index >= 15 is 0 Å². The minimum atomic E-state index is -4.95. The molecule has 76 valence electrons. The van der Waals surface area contributed by atoms with Gasteiger partial charge in [0.1, 0.15) is 12.4 Å². The van der Waals surface area contributed by atoms with Gasteiger partial charge >= 0.3 is 6.98 Å². The summed E-state index contributed by atoms with van der Waals surface area (Å²) in [6.07, 6.45) is 1.48. The number of halogens is 3. The van der Waals surface area contributed by atoms with Gasteiger partial charge in [-0.15, -0.1) is 5.46 Å². The van der Waals surface area contributed by atoms with Crippen molar-refractivity contribution < 1.29 is 17.7 Å². The number of hydrogen-bond donors (Lipinski definition) is 0. The van der Waals surface area contributed by atoms with Crippen LogP contribution in [0.1, 0.15) is 0 Å². The van der Waals surface area contributed by atoms with Crippen molar-refractivity contribution in [1.82, 2.24) is 0 Å². The highest BCUT2D eigenvalue weighted by Crippen LogP contribution is 2.14. The van der Waals surface area contributed by atoms with E-state index in [-0.39, 0.29) is 12.4 Å². The van der Waals surface area contributed by atoms with E-state index in [4.69, 9.17) is 4.74 Å². The summed E-state index contributed by atoms with van der Waals surface area (Å²) in [5.41, 5.74) is -0.647. The first kappa shape index (κ1) is 10.7. The number of ether oxygens (including phenoxy) is 1. The van der Waals surface area contributed by atoms with E-state index in [2.05, 4.69) is 6.58 Å². The first-order chi connectivity index (χ1) is 6.54. The zero-order valence-corrected chi connectivity index (χ0v) is 7.42. The molecular formula is C9H9BF3O-.